The summed E-state index contributed by atoms with van der Waals surface area (Å²) in [5, 5.41) is 10.5. The molecule has 1 nitrogen and oxygen atoms in total. The van der Waals surface area contributed by atoms with Gasteiger partial charge in [0.1, 0.15) is 5.82 Å². The van der Waals surface area contributed by atoms with Gasteiger partial charge in [0.25, 0.3) is 0 Å². The molecule has 106 valence electrons. The van der Waals surface area contributed by atoms with E-state index in [0.29, 0.717) is 16.9 Å². The van der Waals surface area contributed by atoms with Crippen LogP contribution in [0.15, 0.2) is 41.3 Å². The van der Waals surface area contributed by atoms with Crippen molar-refractivity contribution in [3.8, 4) is 0 Å². The molecule has 0 saturated heterocycles. The molecule has 0 aliphatic carbocycles. The van der Waals surface area contributed by atoms with Gasteiger partial charge in [-0.2, -0.15) is 0 Å². The minimum atomic E-state index is -0.696. The highest BCUT2D eigenvalue weighted by molar-refractivity contribution is 7.98. The number of benzene rings is 2. The van der Waals surface area contributed by atoms with Crippen LogP contribution in [0.2, 0.25) is 5.02 Å². The topological polar surface area (TPSA) is 20.2 Å². The zero-order valence-corrected chi connectivity index (χ0v) is 12.9. The Morgan fingerprint density at radius 1 is 1.30 bits per heavy atom. The molecular formula is C16H16ClFOS. The maximum Gasteiger partial charge on any atom is 0.126 e. The van der Waals surface area contributed by atoms with Crippen molar-refractivity contribution in [1.82, 2.24) is 0 Å². The first kappa shape index (κ1) is 15.4. The fourth-order valence-electron chi connectivity index (χ4n) is 1.89. The molecular weight excluding hydrogens is 295 g/mol. The van der Waals surface area contributed by atoms with Crippen molar-refractivity contribution < 1.29 is 9.50 Å². The summed E-state index contributed by atoms with van der Waals surface area (Å²) in [6.45, 7) is 3.37. The molecule has 1 N–H and O–H groups in total. The third kappa shape index (κ3) is 3.54. The van der Waals surface area contributed by atoms with Gasteiger partial charge in [-0.15, -0.1) is 11.8 Å². The van der Waals surface area contributed by atoms with Gasteiger partial charge in [-0.1, -0.05) is 29.8 Å². The molecule has 4 heteroatoms. The molecule has 1 atom stereocenters. The Labute approximate surface area is 127 Å². The zero-order chi connectivity index (χ0) is 14.7. The highest BCUT2D eigenvalue weighted by Crippen LogP contribution is 2.33. The molecule has 0 saturated carbocycles. The van der Waals surface area contributed by atoms with Crippen LogP contribution < -0.4 is 0 Å². The van der Waals surface area contributed by atoms with Crippen LogP contribution in [0.25, 0.3) is 0 Å². The predicted octanol–water partition coefficient (Wildman–Crippen LogP) is 5.13. The first-order valence-corrected chi connectivity index (χ1v) is 7.69. The number of thioether (sulfide) groups is 1. The standard InChI is InChI=1S/C16H16ClFOS/c1-10-7-16(13(11(2)19)8-15(10)18)20-9-12-5-3-4-6-14(12)17/h3-8,11,19H,9H2,1-2H3/t11-/m0/s1. The van der Waals surface area contributed by atoms with Crippen molar-refractivity contribution in [2.24, 2.45) is 0 Å². The Balaban J connectivity index is 2.25. The second kappa shape index (κ2) is 6.61. The van der Waals surface area contributed by atoms with E-state index in [-0.39, 0.29) is 5.82 Å². The molecule has 0 radical (unpaired) electrons. The molecule has 2 aromatic rings. The van der Waals surface area contributed by atoms with Gasteiger partial charge in [0, 0.05) is 15.7 Å². The van der Waals surface area contributed by atoms with E-state index in [1.54, 1.807) is 31.7 Å². The van der Waals surface area contributed by atoms with Crippen LogP contribution in [0.5, 0.6) is 0 Å². The highest BCUT2D eigenvalue weighted by Gasteiger charge is 2.13. The lowest BCUT2D eigenvalue weighted by Gasteiger charge is -2.14. The van der Waals surface area contributed by atoms with Gasteiger partial charge in [0.05, 0.1) is 6.10 Å². The van der Waals surface area contributed by atoms with Crippen LogP contribution >= 0.6 is 23.4 Å². The van der Waals surface area contributed by atoms with E-state index in [2.05, 4.69) is 0 Å². The fraction of sp³-hybridized carbons (Fsp3) is 0.250. The van der Waals surface area contributed by atoms with Gasteiger partial charge in [-0.3, -0.25) is 0 Å². The maximum absolute atomic E-state index is 13.6. The Kier molecular flexibility index (Phi) is 5.08. The molecule has 0 unspecified atom stereocenters. The minimum absolute atomic E-state index is 0.289. The number of hydrogen-bond donors (Lipinski definition) is 1. The van der Waals surface area contributed by atoms with Crippen LogP contribution in [0.4, 0.5) is 4.39 Å². The second-order valence-electron chi connectivity index (χ2n) is 4.70. The van der Waals surface area contributed by atoms with Gasteiger partial charge >= 0.3 is 0 Å². The Bertz CT molecular complexity index is 613. The summed E-state index contributed by atoms with van der Waals surface area (Å²) in [5.41, 5.74) is 2.22. The van der Waals surface area contributed by atoms with Crippen molar-refractivity contribution in [1.29, 1.82) is 0 Å². The molecule has 0 amide bonds. The summed E-state index contributed by atoms with van der Waals surface area (Å²) in [7, 11) is 0. The summed E-state index contributed by atoms with van der Waals surface area (Å²) < 4.78 is 13.6. The average molecular weight is 311 g/mol. The molecule has 0 spiro atoms. The number of aliphatic hydroxyl groups is 1. The molecule has 0 bridgehead atoms. The summed E-state index contributed by atoms with van der Waals surface area (Å²) >= 11 is 7.68. The average Bonchev–Trinajstić information content (AvgIpc) is 2.41. The Hall–Kier alpha value is -1.03. The molecule has 0 heterocycles. The van der Waals surface area contributed by atoms with Gasteiger partial charge in [-0.05, 0) is 48.7 Å². The SMILES string of the molecule is Cc1cc(SCc2ccccc2Cl)c([C@H](C)O)cc1F. The van der Waals surface area contributed by atoms with E-state index in [4.69, 9.17) is 11.6 Å². The van der Waals surface area contributed by atoms with E-state index in [9.17, 15) is 9.50 Å². The maximum atomic E-state index is 13.6. The quantitative estimate of drug-likeness (QED) is 0.790. The Morgan fingerprint density at radius 3 is 2.65 bits per heavy atom. The lowest BCUT2D eigenvalue weighted by molar-refractivity contribution is 0.196. The van der Waals surface area contributed by atoms with Crippen LogP contribution in [-0.4, -0.2) is 5.11 Å². The lowest BCUT2D eigenvalue weighted by Crippen LogP contribution is -1.98. The third-order valence-electron chi connectivity index (χ3n) is 3.08. The largest absolute Gasteiger partial charge is 0.389 e. The van der Waals surface area contributed by atoms with E-state index in [1.807, 2.05) is 24.3 Å². The summed E-state index contributed by atoms with van der Waals surface area (Å²) in [6, 6.07) is 10.8. The van der Waals surface area contributed by atoms with Crippen LogP contribution in [0.3, 0.4) is 0 Å². The molecule has 0 aliphatic rings. The van der Waals surface area contributed by atoms with E-state index in [0.717, 1.165) is 15.5 Å². The first-order chi connectivity index (χ1) is 9.49. The summed E-state index contributed by atoms with van der Waals surface area (Å²) in [4.78, 5) is 0.888. The van der Waals surface area contributed by atoms with E-state index >= 15 is 0 Å². The minimum Gasteiger partial charge on any atom is -0.389 e. The van der Waals surface area contributed by atoms with Gasteiger partial charge in [-0.25, -0.2) is 4.39 Å². The van der Waals surface area contributed by atoms with Crippen molar-refractivity contribution in [2.45, 2.75) is 30.6 Å². The number of halogens is 2. The normalized spacial score (nSPS) is 12.4. The van der Waals surface area contributed by atoms with E-state index < -0.39 is 6.10 Å². The fourth-order valence-corrected chi connectivity index (χ4v) is 3.39. The number of rotatable bonds is 4. The third-order valence-corrected chi connectivity index (χ3v) is 4.57. The molecule has 2 rings (SSSR count). The van der Waals surface area contributed by atoms with Crippen molar-refractivity contribution in [3.05, 3.63) is 63.9 Å². The monoisotopic (exact) mass is 310 g/mol. The van der Waals surface area contributed by atoms with Crippen LogP contribution in [0.1, 0.15) is 29.7 Å². The summed E-state index contributed by atoms with van der Waals surface area (Å²) in [6.07, 6.45) is -0.696. The molecule has 20 heavy (non-hydrogen) atoms. The smallest absolute Gasteiger partial charge is 0.126 e. The highest BCUT2D eigenvalue weighted by atomic mass is 35.5. The zero-order valence-electron chi connectivity index (χ0n) is 11.4. The van der Waals surface area contributed by atoms with Crippen molar-refractivity contribution >= 4 is 23.4 Å². The predicted molar refractivity (Wildman–Crippen MR) is 82.8 cm³/mol. The van der Waals surface area contributed by atoms with Crippen molar-refractivity contribution in [2.75, 3.05) is 0 Å². The molecule has 0 aliphatic heterocycles. The van der Waals surface area contributed by atoms with Gasteiger partial charge in [0.15, 0.2) is 0 Å². The molecule has 0 fully saturated rings. The van der Waals surface area contributed by atoms with Gasteiger partial charge < -0.3 is 5.11 Å². The molecule has 0 aromatic heterocycles. The van der Waals surface area contributed by atoms with E-state index in [1.165, 1.54) is 6.07 Å². The first-order valence-electron chi connectivity index (χ1n) is 6.33. The number of aryl methyl sites for hydroxylation is 1. The van der Waals surface area contributed by atoms with Gasteiger partial charge in [0.2, 0.25) is 0 Å². The second-order valence-corrected chi connectivity index (χ2v) is 6.12. The molecule has 2 aromatic carbocycles. The summed E-state index contributed by atoms with van der Waals surface area (Å²) in [5.74, 6) is 0.396. The number of hydrogen-bond acceptors (Lipinski definition) is 2. The Morgan fingerprint density at radius 2 is 2.00 bits per heavy atom. The van der Waals surface area contributed by atoms with Crippen LogP contribution in [-0.2, 0) is 5.75 Å². The lowest BCUT2D eigenvalue weighted by atomic mass is 10.1. The van der Waals surface area contributed by atoms with Crippen LogP contribution in [0, 0.1) is 12.7 Å². The number of aliphatic hydroxyl groups excluding tert-OH is 1. The van der Waals surface area contributed by atoms with Crippen molar-refractivity contribution in [3.63, 3.8) is 0 Å².